The monoisotopic (exact) mass is 160 g/mol. The molecule has 0 spiro atoms. The van der Waals surface area contributed by atoms with Gasteiger partial charge in [-0.3, -0.25) is 4.79 Å². The van der Waals surface area contributed by atoms with Gasteiger partial charge in [-0.05, 0) is 6.07 Å². The molecule has 2 rings (SSSR count). The van der Waals surface area contributed by atoms with Crippen molar-refractivity contribution in [1.29, 1.82) is 0 Å². The minimum Gasteiger partial charge on any atom is -0.267 e. The van der Waals surface area contributed by atoms with Crippen LogP contribution >= 0.6 is 0 Å². The van der Waals surface area contributed by atoms with Crippen LogP contribution in [0.5, 0.6) is 0 Å². The molecule has 0 aliphatic carbocycles. The van der Waals surface area contributed by atoms with Gasteiger partial charge in [0.25, 0.3) is 5.91 Å². The molecule has 2 N–H and O–H groups in total. The largest absolute Gasteiger partial charge is 0.273 e. The standard InChI is InChI=1S/C9H8N2O/c1-6-7-4-2-3-5-8(7)9(12)11(6)10/h2-5H,1,10H2. The van der Waals surface area contributed by atoms with Crippen LogP contribution in [0.15, 0.2) is 30.8 Å². The van der Waals surface area contributed by atoms with Crippen molar-refractivity contribution in [2.75, 3.05) is 0 Å². The zero-order valence-corrected chi connectivity index (χ0v) is 6.45. The molecular weight excluding hydrogens is 152 g/mol. The Hall–Kier alpha value is -1.61. The summed E-state index contributed by atoms with van der Waals surface area (Å²) in [5.41, 5.74) is 2.02. The van der Waals surface area contributed by atoms with Crippen LogP contribution in [-0.2, 0) is 0 Å². The highest BCUT2D eigenvalue weighted by atomic mass is 16.2. The SMILES string of the molecule is C=C1c2ccccc2C(=O)N1N. The number of fused-ring (bicyclic) bond motifs is 1. The van der Waals surface area contributed by atoms with Crippen LogP contribution < -0.4 is 5.84 Å². The molecule has 0 unspecified atom stereocenters. The first-order valence-corrected chi connectivity index (χ1v) is 3.59. The molecule has 60 valence electrons. The Morgan fingerprint density at radius 2 is 1.83 bits per heavy atom. The lowest BCUT2D eigenvalue weighted by atomic mass is 10.1. The van der Waals surface area contributed by atoms with E-state index in [1.54, 1.807) is 6.07 Å². The van der Waals surface area contributed by atoms with Crippen molar-refractivity contribution in [3.05, 3.63) is 42.0 Å². The molecule has 0 radical (unpaired) electrons. The molecular formula is C9H8N2O. The number of carbonyl (C=O) groups is 1. The first-order chi connectivity index (χ1) is 5.72. The van der Waals surface area contributed by atoms with Crippen molar-refractivity contribution in [1.82, 2.24) is 5.01 Å². The first-order valence-electron chi connectivity index (χ1n) is 3.59. The molecule has 1 amide bonds. The summed E-state index contributed by atoms with van der Waals surface area (Å²) in [7, 11) is 0. The number of hydrogen-bond acceptors (Lipinski definition) is 2. The number of hydrazine groups is 1. The van der Waals surface area contributed by atoms with E-state index < -0.39 is 0 Å². The molecule has 3 nitrogen and oxygen atoms in total. The fraction of sp³-hybridized carbons (Fsp3) is 0. The maximum Gasteiger partial charge on any atom is 0.273 e. The number of nitrogens with zero attached hydrogens (tertiary/aromatic N) is 1. The summed E-state index contributed by atoms with van der Waals surface area (Å²) < 4.78 is 0. The second-order valence-electron chi connectivity index (χ2n) is 2.67. The Balaban J connectivity index is 2.67. The first kappa shape index (κ1) is 7.06. The van der Waals surface area contributed by atoms with Gasteiger partial charge in [0.05, 0.1) is 11.3 Å². The van der Waals surface area contributed by atoms with Crippen molar-refractivity contribution in [3.63, 3.8) is 0 Å². The predicted octanol–water partition coefficient (Wildman–Crippen LogP) is 0.987. The van der Waals surface area contributed by atoms with Crippen molar-refractivity contribution < 1.29 is 4.79 Å². The van der Waals surface area contributed by atoms with E-state index in [0.717, 1.165) is 10.6 Å². The Morgan fingerprint density at radius 1 is 1.25 bits per heavy atom. The number of nitrogens with two attached hydrogens (primary N) is 1. The number of amides is 1. The fourth-order valence-corrected chi connectivity index (χ4v) is 1.30. The molecule has 12 heavy (non-hydrogen) atoms. The maximum atomic E-state index is 11.3. The van der Waals surface area contributed by atoms with E-state index in [9.17, 15) is 4.79 Å². The Kier molecular flexibility index (Phi) is 1.29. The highest BCUT2D eigenvalue weighted by Gasteiger charge is 2.27. The molecule has 0 atom stereocenters. The van der Waals surface area contributed by atoms with E-state index in [1.165, 1.54) is 0 Å². The normalized spacial score (nSPS) is 15.2. The molecule has 0 aromatic heterocycles. The van der Waals surface area contributed by atoms with Gasteiger partial charge >= 0.3 is 0 Å². The van der Waals surface area contributed by atoms with Crippen molar-refractivity contribution in [2.24, 2.45) is 5.84 Å². The van der Waals surface area contributed by atoms with E-state index in [2.05, 4.69) is 6.58 Å². The van der Waals surface area contributed by atoms with Gasteiger partial charge in [0.2, 0.25) is 0 Å². The van der Waals surface area contributed by atoms with Gasteiger partial charge in [0.15, 0.2) is 0 Å². The summed E-state index contributed by atoms with van der Waals surface area (Å²) in [4.78, 5) is 11.3. The van der Waals surface area contributed by atoms with Crippen LogP contribution in [-0.4, -0.2) is 10.9 Å². The smallest absolute Gasteiger partial charge is 0.267 e. The van der Waals surface area contributed by atoms with Gasteiger partial charge in [-0.15, -0.1) is 0 Å². The van der Waals surface area contributed by atoms with Gasteiger partial charge in [-0.25, -0.2) is 10.9 Å². The Labute approximate surface area is 70.1 Å². The van der Waals surface area contributed by atoms with Crippen molar-refractivity contribution in [3.8, 4) is 0 Å². The number of rotatable bonds is 0. The van der Waals surface area contributed by atoms with Crippen molar-refractivity contribution >= 4 is 11.6 Å². The molecule has 3 heteroatoms. The summed E-state index contributed by atoms with van der Waals surface area (Å²) in [6, 6.07) is 7.25. The van der Waals surface area contributed by atoms with E-state index >= 15 is 0 Å². The van der Waals surface area contributed by atoms with E-state index in [1.807, 2.05) is 18.2 Å². The highest BCUT2D eigenvalue weighted by Crippen LogP contribution is 2.27. The number of hydrogen-bond donors (Lipinski definition) is 1. The lowest BCUT2D eigenvalue weighted by Gasteiger charge is -2.07. The van der Waals surface area contributed by atoms with Crippen LogP contribution in [0, 0.1) is 0 Å². The second-order valence-corrected chi connectivity index (χ2v) is 2.67. The molecule has 0 saturated carbocycles. The van der Waals surface area contributed by atoms with E-state index in [0.29, 0.717) is 11.3 Å². The topological polar surface area (TPSA) is 46.3 Å². The average molecular weight is 160 g/mol. The van der Waals surface area contributed by atoms with Gasteiger partial charge in [-0.2, -0.15) is 0 Å². The zero-order chi connectivity index (χ0) is 8.72. The third-order valence-corrected chi connectivity index (χ3v) is 1.98. The number of benzene rings is 1. The van der Waals surface area contributed by atoms with Crippen LogP contribution in [0.4, 0.5) is 0 Å². The predicted molar refractivity (Wildman–Crippen MR) is 45.8 cm³/mol. The summed E-state index contributed by atoms with van der Waals surface area (Å²) in [6.07, 6.45) is 0. The maximum absolute atomic E-state index is 11.3. The molecule has 1 aromatic rings. The van der Waals surface area contributed by atoms with Gasteiger partial charge < -0.3 is 0 Å². The third kappa shape index (κ3) is 0.711. The molecule has 0 fully saturated rings. The zero-order valence-electron chi connectivity index (χ0n) is 6.45. The minimum atomic E-state index is -0.185. The summed E-state index contributed by atoms with van der Waals surface area (Å²) >= 11 is 0. The molecule has 0 saturated heterocycles. The van der Waals surface area contributed by atoms with Crippen LogP contribution in [0.3, 0.4) is 0 Å². The quantitative estimate of drug-likeness (QED) is 0.454. The lowest BCUT2D eigenvalue weighted by Crippen LogP contribution is -2.29. The molecule has 1 aliphatic heterocycles. The Morgan fingerprint density at radius 3 is 2.42 bits per heavy atom. The second kappa shape index (κ2) is 2.19. The highest BCUT2D eigenvalue weighted by molar-refractivity contribution is 6.08. The average Bonchev–Trinajstić information content (AvgIpc) is 2.33. The lowest BCUT2D eigenvalue weighted by molar-refractivity contribution is 0.0850. The fourth-order valence-electron chi connectivity index (χ4n) is 1.30. The van der Waals surface area contributed by atoms with Crippen LogP contribution in [0.2, 0.25) is 0 Å². The van der Waals surface area contributed by atoms with Crippen molar-refractivity contribution in [2.45, 2.75) is 0 Å². The summed E-state index contributed by atoms with van der Waals surface area (Å²) in [5, 5.41) is 1.07. The number of carbonyl (C=O) groups excluding carboxylic acids is 1. The Bertz CT molecular complexity index is 336. The molecule has 1 aliphatic rings. The third-order valence-electron chi connectivity index (χ3n) is 1.98. The summed E-state index contributed by atoms with van der Waals surface area (Å²) in [6.45, 7) is 3.71. The molecule has 1 heterocycles. The van der Waals surface area contributed by atoms with E-state index in [-0.39, 0.29) is 5.91 Å². The van der Waals surface area contributed by atoms with Crippen LogP contribution in [0.25, 0.3) is 5.70 Å². The molecule has 0 bridgehead atoms. The minimum absolute atomic E-state index is 0.185. The van der Waals surface area contributed by atoms with Gasteiger partial charge in [0, 0.05) is 5.56 Å². The van der Waals surface area contributed by atoms with Gasteiger partial charge in [-0.1, -0.05) is 24.8 Å². The van der Waals surface area contributed by atoms with Crippen LogP contribution in [0.1, 0.15) is 15.9 Å². The van der Waals surface area contributed by atoms with Gasteiger partial charge in [0.1, 0.15) is 0 Å². The summed E-state index contributed by atoms with van der Waals surface area (Å²) in [5.74, 6) is 5.27. The van der Waals surface area contributed by atoms with E-state index in [4.69, 9.17) is 5.84 Å². The molecule has 1 aromatic carbocycles.